The number of amides is 2. The van der Waals surface area contributed by atoms with E-state index in [2.05, 4.69) is 25.5 Å². The second-order valence-electron chi connectivity index (χ2n) is 4.10. The lowest BCUT2D eigenvalue weighted by atomic mass is 10.3. The van der Waals surface area contributed by atoms with Crippen LogP contribution in [0.5, 0.6) is 0 Å². The van der Waals surface area contributed by atoms with E-state index in [9.17, 15) is 9.59 Å². The number of nitrogens with one attached hydrogen (secondary N) is 3. The van der Waals surface area contributed by atoms with Gasteiger partial charge < -0.3 is 29.6 Å². The molecule has 0 saturated carbocycles. The van der Waals surface area contributed by atoms with Gasteiger partial charge in [0.15, 0.2) is 0 Å². The number of carbonyl (C=O) groups is 2. The first-order chi connectivity index (χ1) is 11.2. The van der Waals surface area contributed by atoms with E-state index in [4.69, 9.17) is 20.2 Å². The largest absolute Gasteiger partial charge is 0.426 e. The molecular formula is C11H25BN4O7. The van der Waals surface area contributed by atoms with Gasteiger partial charge in [0, 0.05) is 20.2 Å². The van der Waals surface area contributed by atoms with Crippen LogP contribution in [0.2, 0.25) is 0 Å². The minimum Gasteiger partial charge on any atom is -0.426 e. The molecule has 0 rings (SSSR count). The molecule has 5 N–H and O–H groups in total. The van der Waals surface area contributed by atoms with Gasteiger partial charge in [-0.3, -0.25) is 14.4 Å². The first-order valence-corrected chi connectivity index (χ1v) is 7.04. The molecule has 0 radical (unpaired) electrons. The van der Waals surface area contributed by atoms with Crippen LogP contribution in [0.25, 0.3) is 0 Å². The van der Waals surface area contributed by atoms with Gasteiger partial charge >= 0.3 is 7.62 Å². The Morgan fingerprint density at radius 3 is 2.04 bits per heavy atom. The Kier molecular flexibility index (Phi) is 16.1. The molecule has 0 saturated heterocycles. The number of nitrogens with two attached hydrogens (primary N) is 1. The van der Waals surface area contributed by atoms with Gasteiger partial charge in [0.1, 0.15) is 13.2 Å². The Balaban J connectivity index is 3.18. The Morgan fingerprint density at radius 2 is 1.52 bits per heavy atom. The number of ether oxygens (including phenoxy) is 2. The zero-order valence-corrected chi connectivity index (χ0v) is 13.3. The van der Waals surface area contributed by atoms with Gasteiger partial charge in [-0.15, -0.1) is 0 Å². The summed E-state index contributed by atoms with van der Waals surface area (Å²) in [6, 6.07) is 0. The first kappa shape index (κ1) is 21.7. The normalized spacial score (nSPS) is 10.3. The fourth-order valence-electron chi connectivity index (χ4n) is 1.24. The van der Waals surface area contributed by atoms with E-state index < -0.39 is 0 Å². The van der Waals surface area contributed by atoms with Gasteiger partial charge in [-0.05, 0) is 0 Å². The zero-order chi connectivity index (χ0) is 17.2. The zero-order valence-electron chi connectivity index (χ0n) is 13.3. The third-order valence-electron chi connectivity index (χ3n) is 2.23. The van der Waals surface area contributed by atoms with Crippen molar-refractivity contribution in [3.05, 3.63) is 0 Å². The molecule has 0 unspecified atom stereocenters. The third kappa shape index (κ3) is 16.9. The van der Waals surface area contributed by atoms with E-state index in [-0.39, 0.29) is 32.6 Å². The minimum atomic E-state index is -0.301. The first-order valence-electron chi connectivity index (χ1n) is 7.04. The van der Waals surface area contributed by atoms with Crippen molar-refractivity contribution in [2.24, 2.45) is 5.90 Å². The molecule has 0 aliphatic heterocycles. The molecule has 0 spiro atoms. The number of carbonyl (C=O) groups excluding carboxylic acids is 2. The van der Waals surface area contributed by atoms with Crippen LogP contribution in [0, 0.1) is 0 Å². The molecule has 0 aromatic carbocycles. The topological polar surface area (TPSA) is 142 Å². The fourth-order valence-corrected chi connectivity index (χ4v) is 1.24. The highest BCUT2D eigenvalue weighted by atomic mass is 16.7. The third-order valence-corrected chi connectivity index (χ3v) is 2.23. The Labute approximate surface area is 135 Å². The van der Waals surface area contributed by atoms with Crippen molar-refractivity contribution in [3.8, 4) is 0 Å². The van der Waals surface area contributed by atoms with Gasteiger partial charge in [-0.25, -0.2) is 11.3 Å². The summed E-state index contributed by atoms with van der Waals surface area (Å²) in [5.41, 5.74) is 0. The van der Waals surface area contributed by atoms with Crippen LogP contribution in [-0.2, 0) is 33.4 Å². The smallest absolute Gasteiger partial charge is 0.385 e. The van der Waals surface area contributed by atoms with Gasteiger partial charge in [0.05, 0.1) is 26.4 Å². The van der Waals surface area contributed by atoms with Gasteiger partial charge in [-0.1, -0.05) is 0 Å². The lowest BCUT2D eigenvalue weighted by Crippen LogP contribution is -2.34. The van der Waals surface area contributed by atoms with Crippen LogP contribution in [0.3, 0.4) is 0 Å². The summed E-state index contributed by atoms with van der Waals surface area (Å²) in [5.74, 6) is 4.18. The minimum absolute atomic E-state index is 0.104. The molecule has 0 heterocycles. The van der Waals surface area contributed by atoms with Crippen LogP contribution in [0.1, 0.15) is 0 Å². The van der Waals surface area contributed by atoms with Gasteiger partial charge in [0.25, 0.3) is 0 Å². The van der Waals surface area contributed by atoms with E-state index in [0.717, 1.165) is 0 Å². The van der Waals surface area contributed by atoms with Crippen LogP contribution in [0.4, 0.5) is 0 Å². The maximum Gasteiger partial charge on any atom is 0.385 e. The van der Waals surface area contributed by atoms with Crippen molar-refractivity contribution in [1.29, 1.82) is 0 Å². The maximum atomic E-state index is 11.3. The molecule has 0 aliphatic carbocycles. The molecule has 11 nitrogen and oxygen atoms in total. The van der Waals surface area contributed by atoms with Crippen LogP contribution in [-0.4, -0.2) is 79.3 Å². The second kappa shape index (κ2) is 17.1. The van der Waals surface area contributed by atoms with Crippen molar-refractivity contribution in [2.75, 3.05) is 59.8 Å². The number of rotatable bonds is 16. The summed E-state index contributed by atoms with van der Waals surface area (Å²) in [6.45, 7) is 1.98. The van der Waals surface area contributed by atoms with E-state index in [1.165, 1.54) is 7.11 Å². The molecule has 0 aliphatic rings. The van der Waals surface area contributed by atoms with Crippen molar-refractivity contribution in [2.45, 2.75) is 0 Å². The van der Waals surface area contributed by atoms with Crippen molar-refractivity contribution < 1.29 is 33.4 Å². The standard InChI is InChI=1S/C11H25BN4O7/c1-19-12-16-23-9-11(18)15-3-5-21-7-6-20-4-2-14-10(17)8-22-13/h12,16H,2-9,13H2,1H3,(H,14,17)(H,15,18). The van der Waals surface area contributed by atoms with Crippen LogP contribution in [0.15, 0.2) is 0 Å². The molecule has 2 amide bonds. The summed E-state index contributed by atoms with van der Waals surface area (Å²) in [4.78, 5) is 31.2. The van der Waals surface area contributed by atoms with E-state index in [0.29, 0.717) is 39.5 Å². The average Bonchev–Trinajstić information content (AvgIpc) is 2.53. The molecule has 12 heteroatoms. The molecule has 0 bridgehead atoms. The summed E-state index contributed by atoms with van der Waals surface area (Å²) >= 11 is 0. The summed E-state index contributed by atoms with van der Waals surface area (Å²) in [6.07, 6.45) is 0. The molecule has 0 aromatic rings. The Bertz CT molecular complexity index is 312. The Hall–Kier alpha value is -1.28. The highest BCUT2D eigenvalue weighted by Gasteiger charge is 2.01. The summed E-state index contributed by atoms with van der Waals surface area (Å²) in [5, 5.41) is 7.61. The molecule has 0 fully saturated rings. The van der Waals surface area contributed by atoms with E-state index >= 15 is 0 Å². The van der Waals surface area contributed by atoms with E-state index in [1.54, 1.807) is 0 Å². The molecule has 134 valence electrons. The van der Waals surface area contributed by atoms with Crippen molar-refractivity contribution in [3.63, 3.8) is 0 Å². The predicted octanol–water partition coefficient (Wildman–Crippen LogP) is -3.42. The molecule has 0 aromatic heterocycles. The molecular weight excluding hydrogens is 311 g/mol. The van der Waals surface area contributed by atoms with E-state index in [1.807, 2.05) is 0 Å². The number of hydrogen-bond donors (Lipinski definition) is 4. The lowest BCUT2D eigenvalue weighted by molar-refractivity contribution is -0.127. The van der Waals surface area contributed by atoms with Crippen LogP contribution < -0.4 is 21.9 Å². The van der Waals surface area contributed by atoms with Gasteiger partial charge in [0.2, 0.25) is 11.8 Å². The van der Waals surface area contributed by atoms with Crippen LogP contribution >= 0.6 is 0 Å². The second-order valence-corrected chi connectivity index (χ2v) is 4.10. The maximum absolute atomic E-state index is 11.3. The summed E-state index contributed by atoms with van der Waals surface area (Å²) in [7, 11) is 1.71. The number of hydrogen-bond acceptors (Lipinski definition) is 9. The quantitative estimate of drug-likeness (QED) is 0.129. The average molecular weight is 336 g/mol. The Morgan fingerprint density at radius 1 is 0.957 bits per heavy atom. The van der Waals surface area contributed by atoms with Crippen molar-refractivity contribution in [1.82, 2.24) is 16.0 Å². The highest BCUT2D eigenvalue weighted by molar-refractivity contribution is 6.22. The SMILES string of the molecule is COBNOCC(=O)NCCOCCOCCNC(=O)CON. The highest BCUT2D eigenvalue weighted by Crippen LogP contribution is 1.79. The fraction of sp³-hybridized carbons (Fsp3) is 0.818. The lowest BCUT2D eigenvalue weighted by Gasteiger charge is -2.08. The molecule has 0 atom stereocenters. The summed E-state index contributed by atoms with van der Waals surface area (Å²) < 4.78 is 15.2. The molecule has 23 heavy (non-hydrogen) atoms. The monoisotopic (exact) mass is 336 g/mol. The van der Waals surface area contributed by atoms with Crippen molar-refractivity contribution >= 4 is 19.4 Å². The van der Waals surface area contributed by atoms with Gasteiger partial charge in [-0.2, -0.15) is 0 Å². The predicted molar refractivity (Wildman–Crippen MR) is 81.0 cm³/mol.